The number of likely N-dealkylation sites (tertiary alicyclic amines) is 1. The summed E-state index contributed by atoms with van der Waals surface area (Å²) < 4.78 is 18.8. The van der Waals surface area contributed by atoms with Gasteiger partial charge < -0.3 is 10.1 Å². The summed E-state index contributed by atoms with van der Waals surface area (Å²) >= 11 is 0. The molecule has 0 spiro atoms. The molecule has 0 aliphatic carbocycles. The lowest BCUT2D eigenvalue weighted by molar-refractivity contribution is -0.117. The van der Waals surface area contributed by atoms with Crippen LogP contribution < -0.4 is 10.1 Å². The predicted octanol–water partition coefficient (Wildman–Crippen LogP) is 2.33. The molecule has 1 amide bonds. The summed E-state index contributed by atoms with van der Waals surface area (Å²) in [7, 11) is 1.51. The van der Waals surface area contributed by atoms with Gasteiger partial charge in [-0.3, -0.25) is 9.69 Å². The zero-order chi connectivity index (χ0) is 16.9. The van der Waals surface area contributed by atoms with Crippen molar-refractivity contribution in [2.24, 2.45) is 0 Å². The van der Waals surface area contributed by atoms with Gasteiger partial charge in [0.2, 0.25) is 5.91 Å². The lowest BCUT2D eigenvalue weighted by Gasteiger charge is -2.14. The van der Waals surface area contributed by atoms with E-state index in [1.165, 1.54) is 25.6 Å². The average Bonchev–Trinajstić information content (AvgIpc) is 3.08. The fourth-order valence-corrected chi connectivity index (χ4v) is 2.78. The van der Waals surface area contributed by atoms with E-state index in [0.717, 1.165) is 25.9 Å². The normalized spacial score (nSPS) is 14.6. The number of carbonyl (C=O) groups excluding carboxylic acids is 1. The smallest absolute Gasteiger partial charge is 0.239 e. The molecule has 1 fully saturated rings. The summed E-state index contributed by atoms with van der Waals surface area (Å²) in [6.45, 7) is 2.24. The number of rotatable bonds is 5. The number of carbonyl (C=O) groups is 1. The summed E-state index contributed by atoms with van der Waals surface area (Å²) in [5.41, 5.74) is 0.993. The second-order valence-corrected chi connectivity index (χ2v) is 5.66. The molecule has 1 aromatic heterocycles. The van der Waals surface area contributed by atoms with Gasteiger partial charge in [-0.15, -0.1) is 0 Å². The number of anilines is 1. The Morgan fingerprint density at radius 3 is 2.83 bits per heavy atom. The molecule has 7 heteroatoms. The van der Waals surface area contributed by atoms with Crippen LogP contribution in [-0.2, 0) is 4.79 Å². The van der Waals surface area contributed by atoms with Crippen LogP contribution in [0.15, 0.2) is 30.6 Å². The molecule has 0 radical (unpaired) electrons. The summed E-state index contributed by atoms with van der Waals surface area (Å²) in [5, 5.41) is 2.76. The third-order valence-corrected chi connectivity index (χ3v) is 3.94. The highest BCUT2D eigenvalue weighted by Crippen LogP contribution is 2.29. The Kier molecular flexibility index (Phi) is 5.00. The number of aromatic nitrogens is 2. The van der Waals surface area contributed by atoms with Crippen molar-refractivity contribution in [2.75, 3.05) is 32.1 Å². The maximum Gasteiger partial charge on any atom is 0.239 e. The molecule has 0 bridgehead atoms. The number of nitrogens with one attached hydrogen (secondary N) is 1. The summed E-state index contributed by atoms with van der Waals surface area (Å²) in [6, 6.07) is 5.82. The topological polar surface area (TPSA) is 67.3 Å². The van der Waals surface area contributed by atoms with E-state index in [9.17, 15) is 9.18 Å². The predicted molar refractivity (Wildman–Crippen MR) is 88.3 cm³/mol. The molecule has 2 heterocycles. The maximum absolute atomic E-state index is 13.5. The van der Waals surface area contributed by atoms with E-state index < -0.39 is 0 Å². The largest absolute Gasteiger partial charge is 0.496 e. The third-order valence-electron chi connectivity index (χ3n) is 3.94. The van der Waals surface area contributed by atoms with Gasteiger partial charge in [0, 0.05) is 11.6 Å². The maximum atomic E-state index is 13.5. The van der Waals surface area contributed by atoms with Crippen molar-refractivity contribution >= 4 is 11.7 Å². The van der Waals surface area contributed by atoms with Crippen molar-refractivity contribution in [3.05, 3.63) is 36.4 Å². The molecule has 0 unspecified atom stereocenters. The number of benzene rings is 1. The Bertz CT molecular complexity index is 732. The number of ether oxygens (including phenoxy) is 1. The first-order valence-electron chi connectivity index (χ1n) is 7.84. The molecule has 1 N–H and O–H groups in total. The van der Waals surface area contributed by atoms with E-state index >= 15 is 0 Å². The van der Waals surface area contributed by atoms with Gasteiger partial charge in [0.05, 0.1) is 19.3 Å². The Hall–Kier alpha value is -2.54. The third kappa shape index (κ3) is 3.86. The van der Waals surface area contributed by atoms with Crippen molar-refractivity contribution in [3.8, 4) is 17.0 Å². The average molecular weight is 330 g/mol. The highest BCUT2D eigenvalue weighted by molar-refractivity contribution is 5.91. The van der Waals surface area contributed by atoms with Crippen LogP contribution in [0.3, 0.4) is 0 Å². The molecule has 1 aromatic carbocycles. The van der Waals surface area contributed by atoms with Crippen LogP contribution in [0, 0.1) is 5.82 Å². The highest BCUT2D eigenvalue weighted by atomic mass is 19.1. The number of nitrogens with zero attached hydrogens (tertiary/aromatic N) is 3. The lowest BCUT2D eigenvalue weighted by Crippen LogP contribution is -2.31. The van der Waals surface area contributed by atoms with Crippen LogP contribution in [0.1, 0.15) is 12.8 Å². The molecular weight excluding hydrogens is 311 g/mol. The molecule has 0 atom stereocenters. The first kappa shape index (κ1) is 16.3. The van der Waals surface area contributed by atoms with E-state index in [2.05, 4.69) is 20.2 Å². The fraction of sp³-hybridized carbons (Fsp3) is 0.353. The molecular formula is C17H19FN4O2. The van der Waals surface area contributed by atoms with Gasteiger partial charge >= 0.3 is 0 Å². The van der Waals surface area contributed by atoms with Crippen LogP contribution in [0.25, 0.3) is 11.3 Å². The van der Waals surface area contributed by atoms with Crippen LogP contribution in [0.2, 0.25) is 0 Å². The standard InChI is InChI=1S/C17H19FN4O2/c1-24-15-5-4-12(18)8-13(15)14-9-16(20-11-19-14)21-17(23)10-22-6-2-3-7-22/h4-5,8-9,11H,2-3,6-7,10H2,1H3,(H,19,20,21,23). The van der Waals surface area contributed by atoms with E-state index in [1.54, 1.807) is 12.1 Å². The van der Waals surface area contributed by atoms with Crippen LogP contribution in [0.5, 0.6) is 5.75 Å². The number of methoxy groups -OCH3 is 1. The zero-order valence-corrected chi connectivity index (χ0v) is 13.5. The first-order chi connectivity index (χ1) is 11.7. The molecule has 2 aromatic rings. The first-order valence-corrected chi connectivity index (χ1v) is 7.84. The van der Waals surface area contributed by atoms with Gasteiger partial charge in [-0.25, -0.2) is 14.4 Å². The number of amides is 1. The Morgan fingerprint density at radius 1 is 1.29 bits per heavy atom. The van der Waals surface area contributed by atoms with E-state index in [-0.39, 0.29) is 11.7 Å². The van der Waals surface area contributed by atoms with Crippen molar-refractivity contribution in [1.29, 1.82) is 0 Å². The number of hydrogen-bond acceptors (Lipinski definition) is 5. The summed E-state index contributed by atoms with van der Waals surface area (Å²) in [4.78, 5) is 22.4. The monoisotopic (exact) mass is 330 g/mol. The quantitative estimate of drug-likeness (QED) is 0.911. The minimum atomic E-state index is -0.385. The molecule has 126 valence electrons. The Balaban J connectivity index is 1.76. The van der Waals surface area contributed by atoms with Gasteiger partial charge in [0.1, 0.15) is 23.7 Å². The fourth-order valence-electron chi connectivity index (χ4n) is 2.78. The van der Waals surface area contributed by atoms with Crippen LogP contribution >= 0.6 is 0 Å². The van der Waals surface area contributed by atoms with Crippen LogP contribution in [-0.4, -0.2) is 47.5 Å². The van der Waals surface area contributed by atoms with Gasteiger partial charge in [0.15, 0.2) is 0 Å². The second-order valence-electron chi connectivity index (χ2n) is 5.66. The Labute approximate surface area is 139 Å². The summed E-state index contributed by atoms with van der Waals surface area (Å²) in [6.07, 6.45) is 3.60. The van der Waals surface area contributed by atoms with E-state index in [4.69, 9.17) is 4.74 Å². The SMILES string of the molecule is COc1ccc(F)cc1-c1cc(NC(=O)CN2CCCC2)ncn1. The van der Waals surface area contributed by atoms with Gasteiger partial charge in [-0.2, -0.15) is 0 Å². The van der Waals surface area contributed by atoms with E-state index in [0.29, 0.717) is 29.4 Å². The molecule has 1 aliphatic rings. The van der Waals surface area contributed by atoms with Gasteiger partial charge in [-0.05, 0) is 44.1 Å². The van der Waals surface area contributed by atoms with Crippen molar-refractivity contribution in [2.45, 2.75) is 12.8 Å². The molecule has 24 heavy (non-hydrogen) atoms. The molecule has 1 aliphatic heterocycles. The van der Waals surface area contributed by atoms with Crippen molar-refractivity contribution in [1.82, 2.24) is 14.9 Å². The zero-order valence-electron chi connectivity index (χ0n) is 13.5. The van der Waals surface area contributed by atoms with Crippen molar-refractivity contribution < 1.29 is 13.9 Å². The van der Waals surface area contributed by atoms with E-state index in [1.807, 2.05) is 0 Å². The summed E-state index contributed by atoms with van der Waals surface area (Å²) in [5.74, 6) is 0.386. The molecule has 6 nitrogen and oxygen atoms in total. The lowest BCUT2D eigenvalue weighted by atomic mass is 10.1. The van der Waals surface area contributed by atoms with Crippen molar-refractivity contribution in [3.63, 3.8) is 0 Å². The number of halogens is 1. The minimum absolute atomic E-state index is 0.118. The number of hydrogen-bond donors (Lipinski definition) is 1. The Morgan fingerprint density at radius 2 is 2.08 bits per heavy atom. The van der Waals surface area contributed by atoms with Crippen LogP contribution in [0.4, 0.5) is 10.2 Å². The molecule has 3 rings (SSSR count). The van der Waals surface area contributed by atoms with Gasteiger partial charge in [-0.1, -0.05) is 0 Å². The second kappa shape index (κ2) is 7.35. The minimum Gasteiger partial charge on any atom is -0.496 e. The highest BCUT2D eigenvalue weighted by Gasteiger charge is 2.16. The molecule has 0 saturated carbocycles. The molecule has 1 saturated heterocycles. The van der Waals surface area contributed by atoms with Gasteiger partial charge in [0.25, 0.3) is 0 Å².